The summed E-state index contributed by atoms with van der Waals surface area (Å²) < 4.78 is 0. The third-order valence-corrected chi connectivity index (χ3v) is 2.73. The number of nitrogens with zero attached hydrogens (tertiary/aromatic N) is 1. The lowest BCUT2D eigenvalue weighted by molar-refractivity contribution is 0.0472. The second-order valence-electron chi connectivity index (χ2n) is 3.96. The number of hydrogen-bond donors (Lipinski definition) is 2. The van der Waals surface area contributed by atoms with Gasteiger partial charge in [0, 0.05) is 19.3 Å². The normalized spacial score (nSPS) is 20.8. The van der Waals surface area contributed by atoms with Gasteiger partial charge in [0.1, 0.15) is 5.56 Å². The summed E-state index contributed by atoms with van der Waals surface area (Å²) in [6.07, 6.45) is 2.51. The van der Waals surface area contributed by atoms with Gasteiger partial charge in [-0.05, 0) is 25.0 Å². The molecule has 86 valence electrons. The summed E-state index contributed by atoms with van der Waals surface area (Å²) in [6.45, 7) is 0.914. The number of likely N-dealkylation sites (tertiary alicyclic amines) is 1. The van der Waals surface area contributed by atoms with E-state index in [1.54, 1.807) is 6.07 Å². The van der Waals surface area contributed by atoms with Crippen LogP contribution in [-0.2, 0) is 0 Å². The Kier molecular flexibility index (Phi) is 3.05. The number of aromatic nitrogens is 1. The number of piperidine rings is 1. The van der Waals surface area contributed by atoms with E-state index in [4.69, 9.17) is 0 Å². The van der Waals surface area contributed by atoms with Crippen LogP contribution in [0.2, 0.25) is 0 Å². The third-order valence-electron chi connectivity index (χ3n) is 2.73. The van der Waals surface area contributed by atoms with Gasteiger partial charge in [0.25, 0.3) is 11.5 Å². The van der Waals surface area contributed by atoms with Crippen molar-refractivity contribution in [2.75, 3.05) is 13.1 Å². The van der Waals surface area contributed by atoms with Crippen LogP contribution < -0.4 is 5.56 Å². The molecule has 5 nitrogen and oxygen atoms in total. The zero-order chi connectivity index (χ0) is 11.5. The highest BCUT2D eigenvalue weighted by atomic mass is 16.3. The predicted molar refractivity (Wildman–Crippen MR) is 58.2 cm³/mol. The molecule has 1 saturated heterocycles. The molecule has 1 aromatic heterocycles. The number of hydrogen-bond acceptors (Lipinski definition) is 3. The van der Waals surface area contributed by atoms with Crippen molar-refractivity contribution in [3.63, 3.8) is 0 Å². The number of carbonyl (C=O) groups excluding carboxylic acids is 1. The number of amides is 1. The minimum atomic E-state index is -0.472. The first-order chi connectivity index (χ1) is 7.68. The van der Waals surface area contributed by atoms with Gasteiger partial charge in [0.2, 0.25) is 0 Å². The zero-order valence-electron chi connectivity index (χ0n) is 8.85. The number of aliphatic hydroxyl groups is 1. The van der Waals surface area contributed by atoms with Gasteiger partial charge in [0.05, 0.1) is 6.10 Å². The summed E-state index contributed by atoms with van der Waals surface area (Å²) >= 11 is 0. The molecule has 1 atom stereocenters. The number of carbonyl (C=O) groups is 1. The summed E-state index contributed by atoms with van der Waals surface area (Å²) in [7, 11) is 0. The van der Waals surface area contributed by atoms with Crippen LogP contribution >= 0.6 is 0 Å². The first-order valence-electron chi connectivity index (χ1n) is 5.33. The molecular weight excluding hydrogens is 208 g/mol. The Morgan fingerprint density at radius 1 is 1.56 bits per heavy atom. The van der Waals surface area contributed by atoms with Crippen LogP contribution in [0.4, 0.5) is 0 Å². The highest BCUT2D eigenvalue weighted by molar-refractivity contribution is 5.93. The summed E-state index contributed by atoms with van der Waals surface area (Å²) in [5, 5.41) is 9.46. The Bertz CT molecular complexity index is 441. The molecule has 0 aromatic carbocycles. The average Bonchev–Trinajstić information content (AvgIpc) is 2.29. The highest BCUT2D eigenvalue weighted by Crippen LogP contribution is 2.11. The minimum Gasteiger partial charge on any atom is -0.391 e. The summed E-state index contributed by atoms with van der Waals surface area (Å²) in [5.41, 5.74) is -0.246. The standard InChI is InChI=1S/C11H14N2O3/c14-8-3-2-6-13(7-8)11(16)9-4-1-5-12-10(9)15/h1,4-5,8,14H,2-3,6-7H2,(H,12,15)/t8-/m0/s1. The molecule has 1 aliphatic heterocycles. The minimum absolute atomic E-state index is 0.136. The number of rotatable bonds is 1. The molecule has 0 aliphatic carbocycles. The van der Waals surface area contributed by atoms with E-state index in [0.717, 1.165) is 12.8 Å². The van der Waals surface area contributed by atoms with Crippen molar-refractivity contribution in [2.24, 2.45) is 0 Å². The Labute approximate surface area is 92.7 Å². The van der Waals surface area contributed by atoms with Crippen molar-refractivity contribution in [1.82, 2.24) is 9.88 Å². The number of H-pyrrole nitrogens is 1. The van der Waals surface area contributed by atoms with E-state index in [2.05, 4.69) is 4.98 Å². The fourth-order valence-corrected chi connectivity index (χ4v) is 1.90. The Morgan fingerprint density at radius 3 is 3.06 bits per heavy atom. The SMILES string of the molecule is O=C(c1ccc[nH]c1=O)N1CCC[C@H](O)C1. The number of nitrogens with one attached hydrogen (secondary N) is 1. The maximum Gasteiger partial charge on any atom is 0.260 e. The van der Waals surface area contributed by atoms with Crippen molar-refractivity contribution in [2.45, 2.75) is 18.9 Å². The van der Waals surface area contributed by atoms with Crippen molar-refractivity contribution >= 4 is 5.91 Å². The molecule has 0 bridgehead atoms. The molecular formula is C11H14N2O3. The van der Waals surface area contributed by atoms with Crippen LogP contribution in [0.25, 0.3) is 0 Å². The van der Waals surface area contributed by atoms with E-state index in [9.17, 15) is 14.7 Å². The third kappa shape index (κ3) is 2.14. The van der Waals surface area contributed by atoms with Crippen LogP contribution in [0.3, 0.4) is 0 Å². The van der Waals surface area contributed by atoms with Gasteiger partial charge >= 0.3 is 0 Å². The van der Waals surface area contributed by atoms with E-state index in [1.165, 1.54) is 17.2 Å². The molecule has 1 fully saturated rings. The van der Waals surface area contributed by atoms with Crippen molar-refractivity contribution in [3.8, 4) is 0 Å². The van der Waals surface area contributed by atoms with E-state index in [0.29, 0.717) is 13.1 Å². The quantitative estimate of drug-likeness (QED) is 0.701. The topological polar surface area (TPSA) is 73.4 Å². The lowest BCUT2D eigenvalue weighted by Gasteiger charge is -2.29. The molecule has 5 heteroatoms. The number of pyridine rings is 1. The monoisotopic (exact) mass is 222 g/mol. The van der Waals surface area contributed by atoms with Gasteiger partial charge in [-0.25, -0.2) is 0 Å². The zero-order valence-corrected chi connectivity index (χ0v) is 8.85. The molecule has 1 amide bonds. The van der Waals surface area contributed by atoms with Crippen LogP contribution in [0.5, 0.6) is 0 Å². The summed E-state index contributed by atoms with van der Waals surface area (Å²) in [5.74, 6) is -0.305. The first kappa shape index (κ1) is 10.9. The maximum atomic E-state index is 12.0. The number of aromatic amines is 1. The summed E-state index contributed by atoms with van der Waals surface area (Å²) in [6, 6.07) is 3.12. The van der Waals surface area contributed by atoms with Crippen LogP contribution in [0.15, 0.2) is 23.1 Å². The number of β-amino-alcohol motifs (C(OH)–C–C–N with tert-alkyl or cyclic N) is 1. The maximum absolute atomic E-state index is 12.0. The molecule has 2 rings (SSSR count). The van der Waals surface area contributed by atoms with Gasteiger partial charge in [0.15, 0.2) is 0 Å². The van der Waals surface area contributed by atoms with Crippen molar-refractivity contribution in [1.29, 1.82) is 0 Å². The van der Waals surface area contributed by atoms with Crippen molar-refractivity contribution in [3.05, 3.63) is 34.2 Å². The molecule has 0 radical (unpaired) electrons. The molecule has 0 saturated carbocycles. The largest absolute Gasteiger partial charge is 0.391 e. The predicted octanol–water partition coefficient (Wildman–Crippen LogP) is -0.0282. The lowest BCUT2D eigenvalue weighted by Crippen LogP contribution is -2.43. The lowest BCUT2D eigenvalue weighted by atomic mass is 10.1. The molecule has 1 aliphatic rings. The van der Waals surface area contributed by atoms with Gasteiger partial charge in [-0.3, -0.25) is 9.59 Å². The van der Waals surface area contributed by atoms with Gasteiger partial charge in [-0.2, -0.15) is 0 Å². The highest BCUT2D eigenvalue weighted by Gasteiger charge is 2.24. The first-order valence-corrected chi connectivity index (χ1v) is 5.33. The van der Waals surface area contributed by atoms with Crippen LogP contribution in [0, 0.1) is 0 Å². The second kappa shape index (κ2) is 4.49. The van der Waals surface area contributed by atoms with Gasteiger partial charge in [-0.15, -0.1) is 0 Å². The Hall–Kier alpha value is -1.62. The fourth-order valence-electron chi connectivity index (χ4n) is 1.90. The summed E-state index contributed by atoms with van der Waals surface area (Å²) in [4.78, 5) is 27.4. The van der Waals surface area contributed by atoms with Crippen molar-refractivity contribution < 1.29 is 9.90 Å². The second-order valence-corrected chi connectivity index (χ2v) is 3.96. The molecule has 0 spiro atoms. The van der Waals surface area contributed by atoms with Crippen LogP contribution in [-0.4, -0.2) is 40.1 Å². The number of aliphatic hydroxyl groups excluding tert-OH is 1. The van der Waals surface area contributed by atoms with E-state index in [1.807, 2.05) is 0 Å². The molecule has 0 unspecified atom stereocenters. The van der Waals surface area contributed by atoms with E-state index >= 15 is 0 Å². The van der Waals surface area contributed by atoms with E-state index < -0.39 is 6.10 Å². The van der Waals surface area contributed by atoms with Gasteiger partial charge in [-0.1, -0.05) is 0 Å². The molecule has 1 aromatic rings. The Morgan fingerprint density at radius 2 is 2.38 bits per heavy atom. The molecule has 2 N–H and O–H groups in total. The average molecular weight is 222 g/mol. The van der Waals surface area contributed by atoms with Crippen LogP contribution in [0.1, 0.15) is 23.2 Å². The Balaban J connectivity index is 2.19. The van der Waals surface area contributed by atoms with E-state index in [-0.39, 0.29) is 17.0 Å². The smallest absolute Gasteiger partial charge is 0.260 e. The molecule has 2 heterocycles. The van der Waals surface area contributed by atoms with Gasteiger partial charge < -0.3 is 15.0 Å². The fraction of sp³-hybridized carbons (Fsp3) is 0.455. The molecule has 16 heavy (non-hydrogen) atoms.